The molecule has 0 bridgehead atoms. The number of benzene rings is 2. The Morgan fingerprint density at radius 1 is 1.23 bits per heavy atom. The van der Waals surface area contributed by atoms with Crippen molar-refractivity contribution in [1.29, 1.82) is 0 Å². The summed E-state index contributed by atoms with van der Waals surface area (Å²) in [5.41, 5.74) is 0.767. The number of amides is 1. The molecule has 0 radical (unpaired) electrons. The summed E-state index contributed by atoms with van der Waals surface area (Å²) in [5, 5.41) is 29.2. The Bertz CT molecular complexity index is 1430. The van der Waals surface area contributed by atoms with Crippen LogP contribution in [0.3, 0.4) is 0 Å². The van der Waals surface area contributed by atoms with E-state index in [0.29, 0.717) is 42.9 Å². The predicted octanol–water partition coefficient (Wildman–Crippen LogP) is 3.76. The van der Waals surface area contributed by atoms with Crippen LogP contribution < -0.4 is 4.90 Å². The summed E-state index contributed by atoms with van der Waals surface area (Å²) in [6.07, 6.45) is 2.15. The van der Waals surface area contributed by atoms with Crippen LogP contribution in [0.4, 0.5) is 11.4 Å². The standard InChI is InChI=1S/C27H32IN5O6Si/c1-17-25(40(2,3)38)24(10-12-31-16-20(11-13-34)29-30-31)39-27(17)22-14-21(33(36)37)8-9-23(22)32(26(27)35)15-18-4-6-19(28)7-5-18/h4-9,14,16-17,24-25,34,38H,10-13,15H2,1-3H3/t17-,24+,25-,27+/m0/s1. The number of nitro benzene ring substituents is 1. The highest BCUT2D eigenvalue weighted by Crippen LogP contribution is 2.60. The number of aryl methyl sites for hydroxylation is 1. The van der Waals surface area contributed by atoms with Gasteiger partial charge in [0.25, 0.3) is 11.6 Å². The predicted molar refractivity (Wildman–Crippen MR) is 158 cm³/mol. The number of ether oxygens (including phenoxy) is 1. The molecule has 4 atom stereocenters. The summed E-state index contributed by atoms with van der Waals surface area (Å²) >= 11 is 2.23. The van der Waals surface area contributed by atoms with E-state index in [1.807, 2.05) is 44.3 Å². The molecule has 2 aromatic carbocycles. The van der Waals surface area contributed by atoms with Gasteiger partial charge in [-0.1, -0.05) is 24.3 Å². The minimum Gasteiger partial charge on any atom is -0.432 e. The summed E-state index contributed by atoms with van der Waals surface area (Å²) in [6, 6.07) is 12.4. The number of hydrogen-bond acceptors (Lipinski definition) is 8. The second-order valence-corrected chi connectivity index (χ2v) is 16.3. The molecule has 3 aromatic rings. The van der Waals surface area contributed by atoms with Crippen LogP contribution in [0.2, 0.25) is 18.6 Å². The van der Waals surface area contributed by atoms with E-state index in [-0.39, 0.29) is 23.7 Å². The zero-order valence-electron chi connectivity index (χ0n) is 22.5. The number of non-ortho nitro benzene ring substituents is 1. The van der Waals surface area contributed by atoms with Gasteiger partial charge in [-0.3, -0.25) is 19.6 Å². The molecule has 2 aliphatic heterocycles. The molecular formula is C27H32IN5O6Si. The van der Waals surface area contributed by atoms with Crippen LogP contribution in [0.1, 0.15) is 30.2 Å². The molecule has 1 amide bonds. The number of aliphatic hydroxyl groups is 1. The van der Waals surface area contributed by atoms with E-state index in [4.69, 9.17) is 4.74 Å². The normalized spacial score (nSPS) is 24.2. The first-order chi connectivity index (χ1) is 19.0. The number of carbonyl (C=O) groups excluding carboxylic acids is 1. The number of nitrogens with zero attached hydrogens (tertiary/aromatic N) is 5. The second kappa shape index (κ2) is 10.9. The molecule has 3 heterocycles. The maximum Gasteiger partial charge on any atom is 0.269 e. The van der Waals surface area contributed by atoms with Gasteiger partial charge in [-0.25, -0.2) is 0 Å². The molecule has 0 aliphatic carbocycles. The maximum absolute atomic E-state index is 14.4. The first-order valence-electron chi connectivity index (χ1n) is 13.2. The van der Waals surface area contributed by atoms with Gasteiger partial charge in [0.2, 0.25) is 0 Å². The van der Waals surface area contributed by atoms with Crippen LogP contribution in [-0.2, 0) is 34.6 Å². The molecule has 1 fully saturated rings. The van der Waals surface area contributed by atoms with E-state index in [2.05, 4.69) is 32.9 Å². The highest BCUT2D eigenvalue weighted by Gasteiger charge is 2.66. The number of aromatic nitrogens is 3. The number of nitro groups is 1. The number of hydrogen-bond donors (Lipinski definition) is 2. The van der Waals surface area contributed by atoms with Crippen LogP contribution in [0, 0.1) is 19.6 Å². The van der Waals surface area contributed by atoms with E-state index < -0.39 is 30.9 Å². The molecule has 2 N–H and O–H groups in total. The van der Waals surface area contributed by atoms with Gasteiger partial charge >= 0.3 is 0 Å². The van der Waals surface area contributed by atoms with Crippen molar-refractivity contribution >= 4 is 48.2 Å². The molecule has 2 aliphatic rings. The summed E-state index contributed by atoms with van der Waals surface area (Å²) in [5.74, 6) is -0.703. The number of anilines is 1. The average molecular weight is 678 g/mol. The number of rotatable bonds is 9. The maximum atomic E-state index is 14.4. The number of aliphatic hydroxyl groups excluding tert-OH is 1. The summed E-state index contributed by atoms with van der Waals surface area (Å²) < 4.78 is 9.50. The van der Waals surface area contributed by atoms with E-state index in [0.717, 1.165) is 9.13 Å². The third kappa shape index (κ3) is 5.09. The van der Waals surface area contributed by atoms with Gasteiger partial charge in [0.15, 0.2) is 13.9 Å². The van der Waals surface area contributed by atoms with Gasteiger partial charge in [-0.05, 0) is 65.9 Å². The SMILES string of the molecule is C[C@H]1[C@H]([Si](C)(C)O)[C@@H](CCn2cc(CCO)nn2)O[C@]12C(=O)N(Cc1ccc(I)cc1)c1ccc([N+](=O)[O-])cc12. The Morgan fingerprint density at radius 2 is 1.95 bits per heavy atom. The quantitative estimate of drug-likeness (QED) is 0.151. The van der Waals surface area contributed by atoms with E-state index in [1.54, 1.807) is 21.8 Å². The molecule has 1 spiro atoms. The molecule has 0 unspecified atom stereocenters. The summed E-state index contributed by atoms with van der Waals surface area (Å²) in [6.45, 7) is 6.31. The molecule has 212 valence electrons. The van der Waals surface area contributed by atoms with Crippen molar-refractivity contribution in [2.75, 3.05) is 11.5 Å². The Balaban J connectivity index is 1.54. The lowest BCUT2D eigenvalue weighted by molar-refractivity contribution is -0.385. The highest BCUT2D eigenvalue weighted by molar-refractivity contribution is 14.1. The van der Waals surface area contributed by atoms with Crippen molar-refractivity contribution in [3.63, 3.8) is 0 Å². The molecule has 11 nitrogen and oxygen atoms in total. The fourth-order valence-electron chi connectivity index (χ4n) is 6.31. The third-order valence-electron chi connectivity index (χ3n) is 8.03. The Hall–Kier alpha value is -2.72. The van der Waals surface area contributed by atoms with Crippen molar-refractivity contribution < 1.29 is 24.4 Å². The number of fused-ring (bicyclic) bond motifs is 2. The van der Waals surface area contributed by atoms with Gasteiger partial charge < -0.3 is 19.5 Å². The van der Waals surface area contributed by atoms with Gasteiger partial charge in [0.05, 0.1) is 29.0 Å². The summed E-state index contributed by atoms with van der Waals surface area (Å²) in [4.78, 5) is 38.8. The van der Waals surface area contributed by atoms with Crippen molar-refractivity contribution in [1.82, 2.24) is 15.0 Å². The Kier molecular flexibility index (Phi) is 7.87. The van der Waals surface area contributed by atoms with Crippen LogP contribution in [0.25, 0.3) is 0 Å². The van der Waals surface area contributed by atoms with Gasteiger partial charge in [-0.15, -0.1) is 5.10 Å². The van der Waals surface area contributed by atoms with Crippen LogP contribution in [-0.4, -0.2) is 56.8 Å². The zero-order valence-corrected chi connectivity index (χ0v) is 25.7. The van der Waals surface area contributed by atoms with Crippen LogP contribution in [0.15, 0.2) is 48.7 Å². The van der Waals surface area contributed by atoms with E-state index >= 15 is 0 Å². The molecule has 1 aromatic heterocycles. The molecule has 13 heteroatoms. The highest BCUT2D eigenvalue weighted by atomic mass is 127. The van der Waals surface area contributed by atoms with E-state index in [1.165, 1.54) is 12.1 Å². The molecule has 40 heavy (non-hydrogen) atoms. The first-order valence-corrected chi connectivity index (χ1v) is 17.3. The minimum absolute atomic E-state index is 0.0246. The fraction of sp³-hybridized carbons (Fsp3) is 0.444. The largest absolute Gasteiger partial charge is 0.432 e. The molecule has 0 saturated carbocycles. The van der Waals surface area contributed by atoms with Gasteiger partial charge in [-0.2, -0.15) is 0 Å². The van der Waals surface area contributed by atoms with Gasteiger partial charge in [0.1, 0.15) is 0 Å². The van der Waals surface area contributed by atoms with Gasteiger partial charge in [0, 0.05) is 58.5 Å². The topological polar surface area (TPSA) is 144 Å². The van der Waals surface area contributed by atoms with Crippen LogP contribution >= 0.6 is 22.6 Å². The smallest absolute Gasteiger partial charge is 0.269 e. The third-order valence-corrected chi connectivity index (χ3v) is 11.3. The van der Waals surface area contributed by atoms with Crippen molar-refractivity contribution in [2.24, 2.45) is 5.92 Å². The lowest BCUT2D eigenvalue weighted by Gasteiger charge is -2.32. The Morgan fingerprint density at radius 3 is 2.60 bits per heavy atom. The fourth-order valence-corrected chi connectivity index (χ4v) is 9.28. The van der Waals surface area contributed by atoms with Crippen molar-refractivity contribution in [2.45, 2.75) is 63.2 Å². The van der Waals surface area contributed by atoms with Crippen molar-refractivity contribution in [3.05, 3.63) is 79.2 Å². The van der Waals surface area contributed by atoms with Crippen LogP contribution in [0.5, 0.6) is 0 Å². The molecular weight excluding hydrogens is 645 g/mol. The van der Waals surface area contributed by atoms with E-state index in [9.17, 15) is 24.8 Å². The number of carbonyl (C=O) groups is 1. The average Bonchev–Trinajstić information content (AvgIpc) is 3.54. The second-order valence-electron chi connectivity index (χ2n) is 11.1. The monoisotopic (exact) mass is 677 g/mol. The Labute approximate surface area is 246 Å². The molecule has 5 rings (SSSR count). The number of halogens is 1. The molecule has 1 saturated heterocycles. The first kappa shape index (κ1) is 28.8. The lowest BCUT2D eigenvalue weighted by atomic mass is 9.82. The minimum atomic E-state index is -2.89. The van der Waals surface area contributed by atoms with Crippen molar-refractivity contribution in [3.8, 4) is 0 Å². The zero-order chi connectivity index (χ0) is 28.8. The lowest BCUT2D eigenvalue weighted by Crippen LogP contribution is -2.46. The summed E-state index contributed by atoms with van der Waals surface area (Å²) in [7, 11) is -2.89.